The SMILES string of the molecule is CCCCC(CC)CC(=O)c1ccccc1.Cc1ccccc1C.O=CCCCCCCCCC=O. The van der Waals surface area contributed by atoms with Crippen LogP contribution in [0.3, 0.4) is 0 Å². The van der Waals surface area contributed by atoms with E-state index < -0.39 is 0 Å². The Morgan fingerprint density at radius 3 is 1.58 bits per heavy atom. The summed E-state index contributed by atoms with van der Waals surface area (Å²) < 4.78 is 0. The lowest BCUT2D eigenvalue weighted by molar-refractivity contribution is -0.108. The molecule has 0 amide bonds. The number of aldehydes is 2. The number of hydrogen-bond donors (Lipinski definition) is 0. The molecule has 0 radical (unpaired) electrons. The quantitative estimate of drug-likeness (QED) is 0.133. The van der Waals surface area contributed by atoms with Gasteiger partial charge >= 0.3 is 0 Å². The first-order valence-corrected chi connectivity index (χ1v) is 14.0. The Kier molecular flexibility index (Phi) is 22.4. The van der Waals surface area contributed by atoms with Gasteiger partial charge in [0.25, 0.3) is 0 Å². The van der Waals surface area contributed by atoms with Crippen molar-refractivity contribution in [1.29, 1.82) is 0 Å². The summed E-state index contributed by atoms with van der Waals surface area (Å²) in [7, 11) is 0. The van der Waals surface area contributed by atoms with Crippen molar-refractivity contribution in [2.45, 2.75) is 111 Å². The molecule has 0 spiro atoms. The second-order valence-electron chi connectivity index (χ2n) is 9.53. The van der Waals surface area contributed by atoms with Crippen LogP contribution >= 0.6 is 0 Å². The van der Waals surface area contributed by atoms with E-state index in [4.69, 9.17) is 0 Å². The zero-order chi connectivity index (χ0) is 26.9. The Balaban J connectivity index is 0.000000540. The maximum atomic E-state index is 12.0. The third-order valence-electron chi connectivity index (χ3n) is 6.43. The third kappa shape index (κ3) is 18.7. The molecule has 2 aromatic rings. The molecular formula is C33H50O3. The van der Waals surface area contributed by atoms with Gasteiger partial charge in [-0.1, -0.05) is 120 Å². The molecule has 0 bridgehead atoms. The van der Waals surface area contributed by atoms with Crippen LogP contribution in [0, 0.1) is 19.8 Å². The standard InChI is InChI=1S/C15H22O.C10H18O2.C8H10/c1-3-5-9-13(4-2)12-15(16)14-10-7-6-8-11-14;11-9-7-5-3-1-2-4-6-8-10-12;1-7-5-3-4-6-8(7)2/h6-8,10-11,13H,3-5,9,12H2,1-2H3;9-10H,1-8H2;3-6H,1-2H3. The predicted molar refractivity (Wildman–Crippen MR) is 154 cm³/mol. The first kappa shape index (κ1) is 33.4. The molecule has 1 atom stereocenters. The summed E-state index contributed by atoms with van der Waals surface area (Å²) in [6, 6.07) is 18.0. The second kappa shape index (κ2) is 24.2. The summed E-state index contributed by atoms with van der Waals surface area (Å²) in [4.78, 5) is 31.9. The van der Waals surface area contributed by atoms with E-state index >= 15 is 0 Å². The van der Waals surface area contributed by atoms with Crippen molar-refractivity contribution in [2.75, 3.05) is 0 Å². The van der Waals surface area contributed by atoms with Crippen molar-refractivity contribution in [3.63, 3.8) is 0 Å². The van der Waals surface area contributed by atoms with Crippen LogP contribution in [0.4, 0.5) is 0 Å². The van der Waals surface area contributed by atoms with E-state index in [1.165, 1.54) is 43.2 Å². The normalized spacial score (nSPS) is 10.8. The Bertz CT molecular complexity index is 763. The van der Waals surface area contributed by atoms with Gasteiger partial charge in [-0.3, -0.25) is 4.79 Å². The molecule has 0 aromatic heterocycles. The van der Waals surface area contributed by atoms with E-state index in [2.05, 4.69) is 52.0 Å². The summed E-state index contributed by atoms with van der Waals surface area (Å²) in [5.41, 5.74) is 3.59. The summed E-state index contributed by atoms with van der Waals surface area (Å²) in [6.07, 6.45) is 15.6. The topological polar surface area (TPSA) is 51.2 Å². The van der Waals surface area contributed by atoms with Crippen LogP contribution in [-0.2, 0) is 9.59 Å². The lowest BCUT2D eigenvalue weighted by Gasteiger charge is -2.13. The Morgan fingerprint density at radius 2 is 1.17 bits per heavy atom. The maximum absolute atomic E-state index is 12.0. The van der Waals surface area contributed by atoms with Gasteiger partial charge in [0.1, 0.15) is 12.6 Å². The van der Waals surface area contributed by atoms with Crippen molar-refractivity contribution in [2.24, 2.45) is 5.92 Å². The third-order valence-corrected chi connectivity index (χ3v) is 6.43. The van der Waals surface area contributed by atoms with Gasteiger partial charge in [0.15, 0.2) is 5.78 Å². The van der Waals surface area contributed by atoms with Gasteiger partial charge in [-0.05, 0) is 43.7 Å². The molecule has 1 unspecified atom stereocenters. The Hall–Kier alpha value is -2.55. The molecule has 3 nitrogen and oxygen atoms in total. The maximum Gasteiger partial charge on any atom is 0.163 e. The molecule has 0 saturated carbocycles. The molecule has 0 heterocycles. The van der Waals surface area contributed by atoms with Gasteiger partial charge < -0.3 is 9.59 Å². The Labute approximate surface area is 221 Å². The number of rotatable bonds is 16. The van der Waals surface area contributed by atoms with Crippen molar-refractivity contribution in [1.82, 2.24) is 0 Å². The predicted octanol–water partition coefficient (Wildman–Crippen LogP) is 9.28. The number of aryl methyl sites for hydroxylation is 2. The van der Waals surface area contributed by atoms with Crippen LogP contribution in [-0.4, -0.2) is 18.4 Å². The lowest BCUT2D eigenvalue weighted by Crippen LogP contribution is -2.08. The summed E-state index contributed by atoms with van der Waals surface area (Å²) >= 11 is 0. The van der Waals surface area contributed by atoms with E-state index in [-0.39, 0.29) is 0 Å². The molecule has 0 saturated heterocycles. The fraction of sp³-hybridized carbons (Fsp3) is 0.545. The fourth-order valence-electron chi connectivity index (χ4n) is 3.77. The lowest BCUT2D eigenvalue weighted by atomic mass is 9.92. The molecule has 2 aromatic carbocycles. The van der Waals surface area contributed by atoms with Crippen LogP contribution < -0.4 is 0 Å². The minimum atomic E-state index is 0.295. The molecule has 2 rings (SSSR count). The Morgan fingerprint density at radius 1 is 0.694 bits per heavy atom. The van der Waals surface area contributed by atoms with Crippen LogP contribution in [0.25, 0.3) is 0 Å². The molecule has 3 heteroatoms. The highest BCUT2D eigenvalue weighted by molar-refractivity contribution is 5.96. The number of unbranched alkanes of at least 4 members (excludes halogenated alkanes) is 8. The first-order chi connectivity index (χ1) is 17.5. The van der Waals surface area contributed by atoms with E-state index in [1.54, 1.807) is 0 Å². The minimum absolute atomic E-state index is 0.295. The fourth-order valence-corrected chi connectivity index (χ4v) is 3.77. The summed E-state index contributed by atoms with van der Waals surface area (Å²) in [5, 5.41) is 0. The van der Waals surface area contributed by atoms with Crippen molar-refractivity contribution >= 4 is 18.4 Å². The van der Waals surface area contributed by atoms with Gasteiger partial charge in [0.05, 0.1) is 0 Å². The van der Waals surface area contributed by atoms with Crippen LogP contribution in [0.5, 0.6) is 0 Å². The smallest absolute Gasteiger partial charge is 0.163 e. The van der Waals surface area contributed by atoms with Crippen molar-refractivity contribution in [3.05, 3.63) is 71.3 Å². The monoisotopic (exact) mass is 494 g/mol. The van der Waals surface area contributed by atoms with Gasteiger partial charge in [0.2, 0.25) is 0 Å². The number of benzene rings is 2. The zero-order valence-corrected chi connectivity index (χ0v) is 23.3. The average molecular weight is 495 g/mol. The molecule has 0 aliphatic carbocycles. The highest BCUT2D eigenvalue weighted by Crippen LogP contribution is 2.19. The molecule has 0 aliphatic rings. The van der Waals surface area contributed by atoms with Crippen LogP contribution in [0.2, 0.25) is 0 Å². The molecule has 0 N–H and O–H groups in total. The number of carbonyl (C=O) groups is 3. The number of Topliss-reactive ketones (excluding diaryl/α,β-unsaturated/α-hetero) is 1. The zero-order valence-electron chi connectivity index (χ0n) is 23.3. The number of hydrogen-bond acceptors (Lipinski definition) is 3. The highest BCUT2D eigenvalue weighted by Gasteiger charge is 2.12. The highest BCUT2D eigenvalue weighted by atomic mass is 16.1. The molecule has 0 aliphatic heterocycles. The van der Waals surface area contributed by atoms with Crippen LogP contribution in [0.15, 0.2) is 54.6 Å². The van der Waals surface area contributed by atoms with E-state index in [9.17, 15) is 14.4 Å². The summed E-state index contributed by atoms with van der Waals surface area (Å²) in [6.45, 7) is 8.62. The van der Waals surface area contributed by atoms with Gasteiger partial charge in [-0.25, -0.2) is 0 Å². The number of ketones is 1. The van der Waals surface area contributed by atoms with Crippen molar-refractivity contribution < 1.29 is 14.4 Å². The molecule has 200 valence electrons. The van der Waals surface area contributed by atoms with E-state index in [0.29, 0.717) is 31.0 Å². The minimum Gasteiger partial charge on any atom is -0.303 e. The van der Waals surface area contributed by atoms with Gasteiger partial charge in [-0.2, -0.15) is 0 Å². The van der Waals surface area contributed by atoms with E-state index in [0.717, 1.165) is 50.2 Å². The first-order valence-electron chi connectivity index (χ1n) is 14.0. The van der Waals surface area contributed by atoms with E-state index in [1.807, 2.05) is 30.3 Å². The molecule has 36 heavy (non-hydrogen) atoms. The van der Waals surface area contributed by atoms with Gasteiger partial charge in [-0.15, -0.1) is 0 Å². The largest absolute Gasteiger partial charge is 0.303 e. The summed E-state index contributed by atoms with van der Waals surface area (Å²) in [5.74, 6) is 0.858. The number of carbonyl (C=O) groups excluding carboxylic acids is 3. The van der Waals surface area contributed by atoms with Gasteiger partial charge in [0, 0.05) is 24.8 Å². The van der Waals surface area contributed by atoms with Crippen molar-refractivity contribution in [3.8, 4) is 0 Å². The van der Waals surface area contributed by atoms with Crippen LogP contribution in [0.1, 0.15) is 119 Å². The average Bonchev–Trinajstić information content (AvgIpc) is 2.91. The molecular weight excluding hydrogens is 444 g/mol. The second-order valence-corrected chi connectivity index (χ2v) is 9.53. The molecule has 0 fully saturated rings.